The van der Waals surface area contributed by atoms with E-state index in [1.807, 2.05) is 18.2 Å². The second kappa shape index (κ2) is 2.41. The lowest BCUT2D eigenvalue weighted by Gasteiger charge is -2.03. The molecule has 14 heavy (non-hydrogen) atoms. The molecule has 2 aromatic rings. The number of aromatic nitrogens is 2. The first-order chi connectivity index (χ1) is 6.75. The van der Waals surface area contributed by atoms with Crippen molar-refractivity contribution in [3.8, 4) is 0 Å². The highest BCUT2D eigenvalue weighted by molar-refractivity contribution is 5.81. The summed E-state index contributed by atoms with van der Waals surface area (Å²) < 4.78 is 2.09. The fraction of sp³-hybridized carbons (Fsp3) is 0.300. The smallest absolute Gasteiger partial charge is 0.201 e. The van der Waals surface area contributed by atoms with Crippen molar-refractivity contribution in [3.63, 3.8) is 0 Å². The van der Waals surface area contributed by atoms with Gasteiger partial charge in [-0.25, -0.2) is 4.98 Å². The molecule has 1 aliphatic rings. The summed E-state index contributed by atoms with van der Waals surface area (Å²) in [5.74, 6) is 0.605. The first kappa shape index (κ1) is 7.67. The van der Waals surface area contributed by atoms with Crippen molar-refractivity contribution in [3.05, 3.63) is 18.2 Å². The van der Waals surface area contributed by atoms with Gasteiger partial charge in [-0.3, -0.25) is 0 Å². The van der Waals surface area contributed by atoms with Crippen LogP contribution in [-0.2, 0) is 0 Å². The van der Waals surface area contributed by atoms with Crippen LogP contribution < -0.4 is 11.5 Å². The Morgan fingerprint density at radius 1 is 1.29 bits per heavy atom. The highest BCUT2D eigenvalue weighted by Gasteiger charge is 2.27. The second-order valence-electron chi connectivity index (χ2n) is 3.82. The fourth-order valence-electron chi connectivity index (χ4n) is 1.85. The Morgan fingerprint density at radius 2 is 2.07 bits per heavy atom. The number of nitrogen functional groups attached to an aromatic ring is 2. The standard InChI is InChI=1S/C10H12N4/c11-6-1-4-8-9(5-6)14(7-2-3-7)10(12)13-8/h1,4-5,7H,2-3,11H2,(H2,12,13). The summed E-state index contributed by atoms with van der Waals surface area (Å²) in [4.78, 5) is 4.30. The van der Waals surface area contributed by atoms with Gasteiger partial charge in [0, 0.05) is 11.7 Å². The zero-order valence-corrected chi connectivity index (χ0v) is 7.77. The van der Waals surface area contributed by atoms with E-state index in [-0.39, 0.29) is 0 Å². The molecule has 1 fully saturated rings. The van der Waals surface area contributed by atoms with Gasteiger partial charge >= 0.3 is 0 Å². The molecule has 0 atom stereocenters. The minimum Gasteiger partial charge on any atom is -0.399 e. The van der Waals surface area contributed by atoms with Gasteiger partial charge in [-0.05, 0) is 31.0 Å². The summed E-state index contributed by atoms with van der Waals surface area (Å²) in [5, 5.41) is 0. The van der Waals surface area contributed by atoms with Crippen LogP contribution in [0.4, 0.5) is 11.6 Å². The SMILES string of the molecule is Nc1ccc2nc(N)n(C3CC3)c2c1. The number of benzene rings is 1. The molecule has 0 bridgehead atoms. The van der Waals surface area contributed by atoms with Crippen molar-refractivity contribution in [2.45, 2.75) is 18.9 Å². The highest BCUT2D eigenvalue weighted by atomic mass is 15.2. The van der Waals surface area contributed by atoms with Gasteiger partial charge in [-0.2, -0.15) is 0 Å². The van der Waals surface area contributed by atoms with E-state index in [2.05, 4.69) is 9.55 Å². The number of nitrogens with zero attached hydrogens (tertiary/aromatic N) is 2. The number of rotatable bonds is 1. The summed E-state index contributed by atoms with van der Waals surface area (Å²) >= 11 is 0. The monoisotopic (exact) mass is 188 g/mol. The van der Waals surface area contributed by atoms with Crippen LogP contribution in [0.5, 0.6) is 0 Å². The molecule has 0 radical (unpaired) electrons. The van der Waals surface area contributed by atoms with E-state index in [4.69, 9.17) is 11.5 Å². The molecule has 4 nitrogen and oxygen atoms in total. The third kappa shape index (κ3) is 0.968. The normalized spacial score (nSPS) is 16.3. The van der Waals surface area contributed by atoms with Crippen LogP contribution in [-0.4, -0.2) is 9.55 Å². The van der Waals surface area contributed by atoms with Gasteiger partial charge in [0.05, 0.1) is 11.0 Å². The Labute approximate surface area is 81.5 Å². The van der Waals surface area contributed by atoms with Gasteiger partial charge in [0.2, 0.25) is 5.95 Å². The zero-order chi connectivity index (χ0) is 9.71. The average Bonchev–Trinajstić information content (AvgIpc) is 2.90. The maximum Gasteiger partial charge on any atom is 0.201 e. The lowest BCUT2D eigenvalue weighted by Crippen LogP contribution is -2.00. The van der Waals surface area contributed by atoms with Gasteiger partial charge in [0.1, 0.15) is 0 Å². The van der Waals surface area contributed by atoms with Crippen LogP contribution in [0.1, 0.15) is 18.9 Å². The number of fused-ring (bicyclic) bond motifs is 1. The van der Waals surface area contributed by atoms with Crippen molar-refractivity contribution in [1.82, 2.24) is 9.55 Å². The molecule has 0 saturated heterocycles. The number of hydrogen-bond donors (Lipinski definition) is 2. The van der Waals surface area contributed by atoms with Crippen LogP contribution in [0, 0.1) is 0 Å². The van der Waals surface area contributed by atoms with Gasteiger partial charge < -0.3 is 16.0 Å². The van der Waals surface area contributed by atoms with Crippen LogP contribution >= 0.6 is 0 Å². The molecule has 3 rings (SSSR count). The number of anilines is 2. The first-order valence-corrected chi connectivity index (χ1v) is 4.78. The number of hydrogen-bond acceptors (Lipinski definition) is 3. The van der Waals surface area contributed by atoms with Crippen LogP contribution in [0.15, 0.2) is 18.2 Å². The predicted molar refractivity (Wildman–Crippen MR) is 56.8 cm³/mol. The van der Waals surface area contributed by atoms with Crippen molar-refractivity contribution >= 4 is 22.7 Å². The Morgan fingerprint density at radius 3 is 2.79 bits per heavy atom. The van der Waals surface area contributed by atoms with Gasteiger partial charge in [0.25, 0.3) is 0 Å². The molecule has 72 valence electrons. The largest absolute Gasteiger partial charge is 0.399 e. The van der Waals surface area contributed by atoms with Gasteiger partial charge in [0.15, 0.2) is 0 Å². The first-order valence-electron chi connectivity index (χ1n) is 4.78. The van der Waals surface area contributed by atoms with E-state index in [0.717, 1.165) is 16.7 Å². The van der Waals surface area contributed by atoms with Crippen LogP contribution in [0.25, 0.3) is 11.0 Å². The van der Waals surface area contributed by atoms with Crippen molar-refractivity contribution in [2.75, 3.05) is 11.5 Å². The number of imidazole rings is 1. The van der Waals surface area contributed by atoms with Gasteiger partial charge in [-0.15, -0.1) is 0 Å². The Balaban J connectivity index is 2.34. The topological polar surface area (TPSA) is 69.9 Å². The molecule has 1 heterocycles. The molecular weight excluding hydrogens is 176 g/mol. The maximum atomic E-state index is 5.86. The van der Waals surface area contributed by atoms with E-state index in [1.54, 1.807) is 0 Å². The fourth-order valence-corrected chi connectivity index (χ4v) is 1.85. The van der Waals surface area contributed by atoms with Gasteiger partial charge in [-0.1, -0.05) is 0 Å². The lowest BCUT2D eigenvalue weighted by molar-refractivity contribution is 0.779. The summed E-state index contributed by atoms with van der Waals surface area (Å²) in [5.41, 5.74) is 14.4. The third-order valence-electron chi connectivity index (χ3n) is 2.65. The summed E-state index contributed by atoms with van der Waals surface area (Å²) in [7, 11) is 0. The van der Waals surface area contributed by atoms with Crippen molar-refractivity contribution < 1.29 is 0 Å². The highest BCUT2D eigenvalue weighted by Crippen LogP contribution is 2.39. The van der Waals surface area contributed by atoms with Crippen molar-refractivity contribution in [2.24, 2.45) is 0 Å². The molecule has 1 aromatic carbocycles. The molecule has 1 aliphatic carbocycles. The quantitative estimate of drug-likeness (QED) is 0.667. The van der Waals surface area contributed by atoms with Crippen LogP contribution in [0.2, 0.25) is 0 Å². The zero-order valence-electron chi connectivity index (χ0n) is 7.77. The molecule has 0 unspecified atom stereocenters. The molecule has 4 heteroatoms. The summed E-state index contributed by atoms with van der Waals surface area (Å²) in [6.07, 6.45) is 2.40. The summed E-state index contributed by atoms with van der Waals surface area (Å²) in [6.45, 7) is 0. The summed E-state index contributed by atoms with van der Waals surface area (Å²) in [6, 6.07) is 6.25. The van der Waals surface area contributed by atoms with Crippen LogP contribution in [0.3, 0.4) is 0 Å². The van der Waals surface area contributed by atoms with E-state index < -0.39 is 0 Å². The Bertz CT molecular complexity index is 496. The number of nitrogens with two attached hydrogens (primary N) is 2. The Hall–Kier alpha value is -1.71. The van der Waals surface area contributed by atoms with Crippen molar-refractivity contribution in [1.29, 1.82) is 0 Å². The second-order valence-corrected chi connectivity index (χ2v) is 3.82. The minimum absolute atomic E-state index is 0.543. The molecule has 0 aliphatic heterocycles. The molecule has 0 amide bonds. The minimum atomic E-state index is 0.543. The Kier molecular flexibility index (Phi) is 1.32. The lowest BCUT2D eigenvalue weighted by atomic mass is 10.3. The van der Waals surface area contributed by atoms with E-state index in [0.29, 0.717) is 12.0 Å². The molecule has 1 aromatic heterocycles. The molecule has 0 spiro atoms. The van der Waals surface area contributed by atoms with E-state index >= 15 is 0 Å². The molecule has 4 N–H and O–H groups in total. The average molecular weight is 188 g/mol. The third-order valence-corrected chi connectivity index (χ3v) is 2.65. The molecule has 1 saturated carbocycles. The van der Waals surface area contributed by atoms with E-state index in [1.165, 1.54) is 12.8 Å². The predicted octanol–water partition coefficient (Wildman–Crippen LogP) is 1.54. The maximum absolute atomic E-state index is 5.86. The molecular formula is C10H12N4. The van der Waals surface area contributed by atoms with E-state index in [9.17, 15) is 0 Å².